The van der Waals surface area contributed by atoms with Crippen LogP contribution >= 0.6 is 0 Å². The number of anilines is 2. The fourth-order valence-corrected chi connectivity index (χ4v) is 4.62. The number of methoxy groups -OCH3 is 1. The molecule has 210 valence electrons. The number of hydrogen-bond acceptors (Lipinski definition) is 10. The molecule has 1 saturated heterocycles. The Labute approximate surface area is 227 Å². The highest BCUT2D eigenvalue weighted by molar-refractivity contribution is 5.92. The maximum absolute atomic E-state index is 14.1. The van der Waals surface area contributed by atoms with Gasteiger partial charge < -0.3 is 19.8 Å². The molecule has 3 heterocycles. The lowest BCUT2D eigenvalue weighted by Gasteiger charge is -2.40. The number of rotatable bonds is 6. The van der Waals surface area contributed by atoms with Gasteiger partial charge in [0.2, 0.25) is 0 Å². The van der Waals surface area contributed by atoms with Crippen LogP contribution in [0.25, 0.3) is 0 Å². The first-order chi connectivity index (χ1) is 19.1. The monoisotopic (exact) mass is 558 g/mol. The van der Waals surface area contributed by atoms with E-state index in [1.54, 1.807) is 36.1 Å². The number of hydrogen-bond donors (Lipinski definition) is 1. The summed E-state index contributed by atoms with van der Waals surface area (Å²) in [6.45, 7) is 2.93. The molecule has 4 rings (SSSR count). The Morgan fingerprint density at radius 2 is 1.90 bits per heavy atom. The predicted octanol–water partition coefficient (Wildman–Crippen LogP) is 1.41. The maximum Gasteiger partial charge on any atom is 0.493 e. The average Bonchev–Trinajstić information content (AvgIpc) is 3.25. The van der Waals surface area contributed by atoms with Crippen LogP contribution in [0.5, 0.6) is 0 Å². The number of piperazine rings is 1. The zero-order valence-electron chi connectivity index (χ0n) is 21.6. The number of nitrogens with zero attached hydrogens (tertiary/aromatic N) is 5. The molecule has 0 radical (unpaired) electrons. The molecule has 2 aromatic rings. The minimum Gasteiger partial charge on any atom is -0.464 e. The maximum atomic E-state index is 14.1. The first-order valence-electron chi connectivity index (χ1n) is 12.2. The first kappa shape index (κ1) is 28.5. The van der Waals surface area contributed by atoms with E-state index in [9.17, 15) is 32.8 Å². The van der Waals surface area contributed by atoms with Crippen molar-refractivity contribution in [3.8, 4) is 17.9 Å². The number of pyridine rings is 1. The summed E-state index contributed by atoms with van der Waals surface area (Å²) in [7, 11) is 1.09. The van der Waals surface area contributed by atoms with E-state index in [-0.39, 0.29) is 35.7 Å². The molecule has 0 aliphatic carbocycles. The minimum absolute atomic E-state index is 0.0975. The fraction of sp³-hybridized carbons (Fsp3) is 0.385. The number of esters is 1. The van der Waals surface area contributed by atoms with Crippen molar-refractivity contribution in [1.29, 1.82) is 5.26 Å². The molecule has 2 aliphatic rings. The van der Waals surface area contributed by atoms with Crippen LogP contribution in [0, 0.1) is 23.2 Å². The van der Waals surface area contributed by atoms with E-state index in [0.717, 1.165) is 17.7 Å². The highest BCUT2D eigenvalue weighted by Gasteiger charge is 2.49. The Kier molecular flexibility index (Phi) is 8.32. The van der Waals surface area contributed by atoms with Crippen LogP contribution in [-0.4, -0.2) is 73.7 Å². The van der Waals surface area contributed by atoms with Crippen molar-refractivity contribution in [2.45, 2.75) is 25.9 Å². The third-order valence-electron chi connectivity index (χ3n) is 6.45. The van der Waals surface area contributed by atoms with Crippen molar-refractivity contribution < 1.29 is 32.3 Å². The quantitative estimate of drug-likeness (QED) is 0.412. The molecule has 11 nitrogen and oxygen atoms in total. The van der Waals surface area contributed by atoms with Gasteiger partial charge in [-0.3, -0.25) is 14.3 Å². The van der Waals surface area contributed by atoms with Gasteiger partial charge >= 0.3 is 18.1 Å². The van der Waals surface area contributed by atoms with Crippen LogP contribution in [-0.2, 0) is 20.9 Å². The SMILES string of the molecule is CC#CCN1c2c(cc(C(=O)OC)n(Cc3ccccc3C#N)c2=O)N(OC(=O)C(F)(F)F)C1N1CCNCC1. The largest absolute Gasteiger partial charge is 0.493 e. The molecule has 1 N–H and O–H groups in total. The Morgan fingerprint density at radius 3 is 2.52 bits per heavy atom. The topological polar surface area (TPSA) is 120 Å². The van der Waals surface area contributed by atoms with E-state index < -0.39 is 30.0 Å². The standard InChI is InChI=1S/C26H25F3N6O5/c1-3-4-11-33-21-19(35(40-24(38)26(27,28)29)25(33)32-12-9-31-10-13-32)14-20(23(37)39-2)34(22(21)36)16-18-8-6-5-7-17(18)15-30/h5-8,14,25,31H,9-13,16H2,1-2H3. The van der Waals surface area contributed by atoms with Gasteiger partial charge in [0, 0.05) is 26.2 Å². The van der Waals surface area contributed by atoms with Crippen LogP contribution in [0.4, 0.5) is 24.5 Å². The number of fused-ring (bicyclic) bond motifs is 1. The van der Waals surface area contributed by atoms with Crippen LogP contribution in [0.2, 0.25) is 0 Å². The van der Waals surface area contributed by atoms with Crippen molar-refractivity contribution in [2.75, 3.05) is 49.8 Å². The fourth-order valence-electron chi connectivity index (χ4n) is 4.62. The average molecular weight is 559 g/mol. The number of halogens is 3. The van der Waals surface area contributed by atoms with Crippen LogP contribution in [0.3, 0.4) is 0 Å². The van der Waals surface area contributed by atoms with Crippen molar-refractivity contribution in [3.63, 3.8) is 0 Å². The summed E-state index contributed by atoms with van der Waals surface area (Å²) in [5.74, 6) is 2.09. The minimum atomic E-state index is -5.33. The molecule has 1 atom stereocenters. The van der Waals surface area contributed by atoms with Gasteiger partial charge in [0.15, 0.2) is 6.29 Å². The molecule has 0 spiro atoms. The number of nitriles is 1. The second-order valence-electron chi connectivity index (χ2n) is 8.80. The molecule has 0 saturated carbocycles. The molecule has 0 amide bonds. The smallest absolute Gasteiger partial charge is 0.464 e. The summed E-state index contributed by atoms with van der Waals surface area (Å²) in [5, 5.41) is 13.4. The zero-order valence-corrected chi connectivity index (χ0v) is 21.6. The van der Waals surface area contributed by atoms with Gasteiger partial charge in [-0.2, -0.15) is 23.5 Å². The van der Waals surface area contributed by atoms with Gasteiger partial charge in [0.25, 0.3) is 5.56 Å². The summed E-state index contributed by atoms with van der Waals surface area (Å²) >= 11 is 0. The van der Waals surface area contributed by atoms with E-state index in [2.05, 4.69) is 17.2 Å². The summed E-state index contributed by atoms with van der Waals surface area (Å²) in [6, 6.07) is 9.65. The summed E-state index contributed by atoms with van der Waals surface area (Å²) in [5.41, 5.74) is -0.741. The second-order valence-corrected chi connectivity index (χ2v) is 8.80. The molecule has 14 heteroatoms. The molecule has 1 unspecified atom stereocenters. The van der Waals surface area contributed by atoms with Gasteiger partial charge in [-0.15, -0.1) is 5.92 Å². The summed E-state index contributed by atoms with van der Waals surface area (Å²) < 4.78 is 46.0. The van der Waals surface area contributed by atoms with Crippen molar-refractivity contribution >= 4 is 23.3 Å². The first-order valence-corrected chi connectivity index (χ1v) is 12.2. The lowest BCUT2D eigenvalue weighted by Crippen LogP contribution is -2.61. The molecule has 2 aliphatic heterocycles. The van der Waals surface area contributed by atoms with Crippen LogP contribution in [0.15, 0.2) is 35.1 Å². The Hall–Kier alpha value is -4.53. The molecule has 1 aromatic carbocycles. The van der Waals surface area contributed by atoms with Crippen molar-refractivity contribution in [2.24, 2.45) is 0 Å². The number of benzene rings is 1. The van der Waals surface area contributed by atoms with Gasteiger partial charge in [-0.25, -0.2) is 9.59 Å². The number of carbonyl (C=O) groups is 2. The van der Waals surface area contributed by atoms with E-state index in [4.69, 9.17) is 9.57 Å². The van der Waals surface area contributed by atoms with Gasteiger partial charge in [-0.05, 0) is 24.6 Å². The molecule has 0 bridgehead atoms. The second kappa shape index (κ2) is 11.7. The summed E-state index contributed by atoms with van der Waals surface area (Å²) in [4.78, 5) is 47.0. The highest BCUT2D eigenvalue weighted by atomic mass is 19.4. The van der Waals surface area contributed by atoms with Gasteiger partial charge in [0.05, 0.1) is 31.8 Å². The van der Waals surface area contributed by atoms with Gasteiger partial charge in [0.1, 0.15) is 17.1 Å². The Bertz CT molecular complexity index is 1470. The third-order valence-corrected chi connectivity index (χ3v) is 6.45. The summed E-state index contributed by atoms with van der Waals surface area (Å²) in [6.07, 6.45) is -6.49. The van der Waals surface area contributed by atoms with E-state index in [0.29, 0.717) is 36.8 Å². The molecule has 1 fully saturated rings. The zero-order chi connectivity index (χ0) is 29.0. The van der Waals surface area contributed by atoms with E-state index in [1.165, 1.54) is 4.90 Å². The molecule has 1 aromatic heterocycles. The highest BCUT2D eigenvalue weighted by Crippen LogP contribution is 2.40. The lowest BCUT2D eigenvalue weighted by molar-refractivity contribution is -0.203. The van der Waals surface area contributed by atoms with E-state index >= 15 is 0 Å². The van der Waals surface area contributed by atoms with Crippen molar-refractivity contribution in [1.82, 2.24) is 14.8 Å². The molecular weight excluding hydrogens is 533 g/mol. The number of carbonyl (C=O) groups excluding carboxylic acids is 2. The van der Waals surface area contributed by atoms with Crippen LogP contribution < -0.4 is 20.8 Å². The lowest BCUT2D eigenvalue weighted by atomic mass is 10.1. The number of alkyl halides is 3. The van der Waals surface area contributed by atoms with Crippen molar-refractivity contribution in [3.05, 3.63) is 57.5 Å². The number of aromatic nitrogens is 1. The van der Waals surface area contributed by atoms with Crippen LogP contribution in [0.1, 0.15) is 28.5 Å². The molecular formula is C26H25F3N6O5. The number of nitrogens with one attached hydrogen (secondary N) is 1. The molecule has 40 heavy (non-hydrogen) atoms. The van der Waals surface area contributed by atoms with Gasteiger partial charge in [-0.1, -0.05) is 24.1 Å². The number of hydroxylamine groups is 1. The Balaban J connectivity index is 1.96. The van der Waals surface area contributed by atoms with E-state index in [1.807, 2.05) is 6.07 Å². The number of ether oxygens (including phenoxy) is 1. The predicted molar refractivity (Wildman–Crippen MR) is 136 cm³/mol. The third kappa shape index (κ3) is 5.45. The normalized spacial score (nSPS) is 16.9. The Morgan fingerprint density at radius 1 is 1.20 bits per heavy atom.